The Morgan fingerprint density at radius 3 is 2.79 bits per heavy atom. The molecule has 0 amide bonds. The van der Waals surface area contributed by atoms with Crippen LogP contribution in [0.4, 0.5) is 5.69 Å². The average Bonchev–Trinajstić information content (AvgIpc) is 3.13. The Bertz CT molecular complexity index is 834. The first kappa shape index (κ1) is 15.0. The fraction of sp³-hybridized carbons (Fsp3) is 0.368. The molecule has 2 aliphatic rings. The first-order valence-electron chi connectivity index (χ1n) is 8.47. The van der Waals surface area contributed by atoms with E-state index in [-0.39, 0.29) is 6.04 Å². The summed E-state index contributed by atoms with van der Waals surface area (Å²) in [5.41, 5.74) is 10.1. The molecule has 4 rings (SSSR count). The zero-order chi connectivity index (χ0) is 16.7. The molecule has 1 atom stereocenters. The summed E-state index contributed by atoms with van der Waals surface area (Å²) in [6, 6.07) is 10.3. The summed E-state index contributed by atoms with van der Waals surface area (Å²) in [6.07, 6.45) is 3.01. The van der Waals surface area contributed by atoms with Crippen molar-refractivity contribution in [3.63, 3.8) is 0 Å². The van der Waals surface area contributed by atoms with Crippen LogP contribution in [0.15, 0.2) is 24.3 Å². The van der Waals surface area contributed by atoms with Gasteiger partial charge in [0.25, 0.3) is 0 Å². The fourth-order valence-corrected chi connectivity index (χ4v) is 3.80. The maximum atomic E-state index is 9.55. The predicted molar refractivity (Wildman–Crippen MR) is 91.9 cm³/mol. The molecular formula is C19H20N4O. The highest BCUT2D eigenvalue weighted by atomic mass is 16.5. The summed E-state index contributed by atoms with van der Waals surface area (Å²) < 4.78 is 6.06. The van der Waals surface area contributed by atoms with Crippen LogP contribution >= 0.6 is 0 Å². The second-order valence-electron chi connectivity index (χ2n) is 6.32. The Kier molecular flexibility index (Phi) is 3.62. The number of nitrogens with zero attached hydrogens (tertiary/aromatic N) is 3. The number of nitrogens with two attached hydrogens (primary N) is 1. The van der Waals surface area contributed by atoms with E-state index in [0.29, 0.717) is 29.2 Å². The van der Waals surface area contributed by atoms with E-state index in [4.69, 9.17) is 10.5 Å². The third-order valence-electron chi connectivity index (χ3n) is 4.96. The molecule has 0 saturated carbocycles. The van der Waals surface area contributed by atoms with E-state index in [9.17, 15) is 5.26 Å². The Balaban J connectivity index is 1.96. The summed E-state index contributed by atoms with van der Waals surface area (Å²) in [7, 11) is 0. The normalized spacial score (nSPS) is 19.2. The number of nitriles is 1. The van der Waals surface area contributed by atoms with Crippen molar-refractivity contribution in [3.05, 3.63) is 46.6 Å². The smallest absolute Gasteiger partial charge is 0.226 e. The fourth-order valence-electron chi connectivity index (χ4n) is 3.80. The number of hydrogen-bond acceptors (Lipinski definition) is 5. The zero-order valence-electron chi connectivity index (χ0n) is 13.7. The van der Waals surface area contributed by atoms with E-state index in [1.54, 1.807) is 0 Å². The molecule has 1 unspecified atom stereocenters. The molecule has 5 nitrogen and oxygen atoms in total. The van der Waals surface area contributed by atoms with Crippen molar-refractivity contribution in [2.75, 3.05) is 18.8 Å². The van der Waals surface area contributed by atoms with E-state index in [2.05, 4.69) is 22.0 Å². The second-order valence-corrected chi connectivity index (χ2v) is 6.32. The highest BCUT2D eigenvalue weighted by Crippen LogP contribution is 2.48. The van der Waals surface area contributed by atoms with Crippen molar-refractivity contribution in [2.24, 2.45) is 0 Å². The SMILES string of the molecule is CCc1nc2c(c(N)c1C#N)C(N1CCCC1)c1ccccc1O2. The molecule has 0 bridgehead atoms. The number of ether oxygens (including phenoxy) is 1. The van der Waals surface area contributed by atoms with Gasteiger partial charge in [0.1, 0.15) is 11.8 Å². The van der Waals surface area contributed by atoms with Crippen LogP contribution in [0.3, 0.4) is 0 Å². The zero-order valence-corrected chi connectivity index (χ0v) is 13.7. The van der Waals surface area contributed by atoms with Crippen molar-refractivity contribution in [1.29, 1.82) is 5.26 Å². The Morgan fingerprint density at radius 2 is 2.08 bits per heavy atom. The first-order chi connectivity index (χ1) is 11.7. The molecule has 0 radical (unpaired) electrons. The number of anilines is 1. The molecule has 5 heteroatoms. The number of aryl methyl sites for hydroxylation is 1. The molecular weight excluding hydrogens is 300 g/mol. The van der Waals surface area contributed by atoms with Gasteiger partial charge in [0.15, 0.2) is 0 Å². The van der Waals surface area contributed by atoms with E-state index < -0.39 is 0 Å². The second kappa shape index (κ2) is 5.81. The van der Waals surface area contributed by atoms with E-state index in [0.717, 1.165) is 30.0 Å². The predicted octanol–water partition coefficient (Wildman–Crippen LogP) is 3.39. The van der Waals surface area contributed by atoms with Crippen LogP contribution in [0.1, 0.15) is 48.2 Å². The molecule has 24 heavy (non-hydrogen) atoms. The van der Waals surface area contributed by atoms with Crippen LogP contribution in [-0.2, 0) is 6.42 Å². The third-order valence-corrected chi connectivity index (χ3v) is 4.96. The van der Waals surface area contributed by atoms with Gasteiger partial charge in [-0.1, -0.05) is 25.1 Å². The molecule has 3 heterocycles. The standard InChI is InChI=1S/C19H20N4O/c1-2-14-13(11-20)17(21)16-18(23-9-5-6-10-23)12-7-3-4-8-15(12)24-19(16)22-14/h3-4,7-8,18H,2,5-6,9-10H2,1H3,(H2,21,22). The van der Waals surface area contributed by atoms with Gasteiger partial charge in [-0.2, -0.15) is 5.26 Å². The lowest BCUT2D eigenvalue weighted by Gasteiger charge is -2.35. The number of rotatable bonds is 2. The lowest BCUT2D eigenvalue weighted by molar-refractivity contribution is 0.259. The molecule has 1 fully saturated rings. The van der Waals surface area contributed by atoms with Crippen molar-refractivity contribution < 1.29 is 4.74 Å². The molecule has 2 N–H and O–H groups in total. The number of aromatic nitrogens is 1. The lowest BCUT2D eigenvalue weighted by Crippen LogP contribution is -2.30. The molecule has 1 aromatic heterocycles. The van der Waals surface area contributed by atoms with Crippen molar-refractivity contribution in [2.45, 2.75) is 32.2 Å². The van der Waals surface area contributed by atoms with Crippen LogP contribution in [0, 0.1) is 11.3 Å². The van der Waals surface area contributed by atoms with Gasteiger partial charge in [-0.05, 0) is 38.4 Å². The highest BCUT2D eigenvalue weighted by molar-refractivity contribution is 5.69. The van der Waals surface area contributed by atoms with Crippen LogP contribution in [0.2, 0.25) is 0 Å². The quantitative estimate of drug-likeness (QED) is 0.918. The van der Waals surface area contributed by atoms with Gasteiger partial charge in [-0.15, -0.1) is 0 Å². The summed E-state index contributed by atoms with van der Waals surface area (Å²) in [5, 5.41) is 9.55. The number of benzene rings is 1. The van der Waals surface area contributed by atoms with Gasteiger partial charge < -0.3 is 10.5 Å². The molecule has 0 aliphatic carbocycles. The molecule has 2 aromatic rings. The Morgan fingerprint density at radius 1 is 1.33 bits per heavy atom. The third kappa shape index (κ3) is 2.15. The van der Waals surface area contributed by atoms with E-state index >= 15 is 0 Å². The molecule has 2 aliphatic heterocycles. The first-order valence-corrected chi connectivity index (χ1v) is 8.47. The maximum absolute atomic E-state index is 9.55. The molecule has 0 spiro atoms. The van der Waals surface area contributed by atoms with Crippen LogP contribution < -0.4 is 10.5 Å². The van der Waals surface area contributed by atoms with Crippen LogP contribution in [0.25, 0.3) is 0 Å². The van der Waals surface area contributed by atoms with Gasteiger partial charge in [-0.3, -0.25) is 4.90 Å². The number of likely N-dealkylation sites (tertiary alicyclic amines) is 1. The minimum Gasteiger partial charge on any atom is -0.438 e. The highest BCUT2D eigenvalue weighted by Gasteiger charge is 2.37. The van der Waals surface area contributed by atoms with Crippen molar-refractivity contribution in [3.8, 4) is 17.7 Å². The molecule has 122 valence electrons. The van der Waals surface area contributed by atoms with Crippen LogP contribution in [0.5, 0.6) is 11.6 Å². The number of nitrogen functional groups attached to an aromatic ring is 1. The summed E-state index contributed by atoms with van der Waals surface area (Å²) >= 11 is 0. The van der Waals surface area contributed by atoms with Gasteiger partial charge in [0.2, 0.25) is 5.88 Å². The Hall–Kier alpha value is -2.58. The average molecular weight is 320 g/mol. The maximum Gasteiger partial charge on any atom is 0.226 e. The number of pyridine rings is 1. The van der Waals surface area contributed by atoms with E-state index in [1.165, 1.54) is 12.8 Å². The number of para-hydroxylation sites is 1. The van der Waals surface area contributed by atoms with Crippen molar-refractivity contribution in [1.82, 2.24) is 9.88 Å². The number of fused-ring (bicyclic) bond motifs is 2. The Labute approximate surface area is 141 Å². The van der Waals surface area contributed by atoms with Gasteiger partial charge in [0, 0.05) is 5.56 Å². The number of hydrogen-bond donors (Lipinski definition) is 1. The van der Waals surface area contributed by atoms with Crippen LogP contribution in [-0.4, -0.2) is 23.0 Å². The minimum atomic E-state index is 0.0120. The molecule has 1 aromatic carbocycles. The topological polar surface area (TPSA) is 75.2 Å². The lowest BCUT2D eigenvalue weighted by atomic mass is 9.91. The summed E-state index contributed by atoms with van der Waals surface area (Å²) in [5.74, 6) is 1.39. The van der Waals surface area contributed by atoms with Gasteiger partial charge >= 0.3 is 0 Å². The summed E-state index contributed by atoms with van der Waals surface area (Å²) in [6.45, 7) is 4.02. The largest absolute Gasteiger partial charge is 0.438 e. The van der Waals surface area contributed by atoms with E-state index in [1.807, 2.05) is 25.1 Å². The summed E-state index contributed by atoms with van der Waals surface area (Å²) in [4.78, 5) is 7.05. The van der Waals surface area contributed by atoms with Gasteiger partial charge in [0.05, 0.1) is 28.6 Å². The monoisotopic (exact) mass is 320 g/mol. The minimum absolute atomic E-state index is 0.0120. The molecule has 1 saturated heterocycles. The van der Waals surface area contributed by atoms with Gasteiger partial charge in [-0.25, -0.2) is 4.98 Å². The van der Waals surface area contributed by atoms with Crippen molar-refractivity contribution >= 4 is 5.69 Å².